The van der Waals surface area contributed by atoms with Crippen LogP contribution >= 0.6 is 0 Å². The normalized spacial score (nSPS) is 21.4. The summed E-state index contributed by atoms with van der Waals surface area (Å²) in [6.45, 7) is 6.67. The van der Waals surface area contributed by atoms with Gasteiger partial charge in [-0.2, -0.15) is 0 Å². The van der Waals surface area contributed by atoms with Crippen LogP contribution in [0.2, 0.25) is 0 Å². The molecule has 0 bridgehead atoms. The molecule has 0 spiro atoms. The van der Waals surface area contributed by atoms with Crippen molar-refractivity contribution in [3.63, 3.8) is 0 Å². The van der Waals surface area contributed by atoms with Crippen molar-refractivity contribution in [3.05, 3.63) is 48.0 Å². The van der Waals surface area contributed by atoms with Gasteiger partial charge >= 0.3 is 5.97 Å². The summed E-state index contributed by atoms with van der Waals surface area (Å²) in [4.78, 5) is 11.5. The van der Waals surface area contributed by atoms with Gasteiger partial charge in [-0.25, -0.2) is 4.79 Å². The molecule has 0 N–H and O–H groups in total. The molecule has 0 aromatic heterocycles. The lowest BCUT2D eigenvalue weighted by Gasteiger charge is -2.22. The van der Waals surface area contributed by atoms with Gasteiger partial charge < -0.3 is 18.9 Å². The van der Waals surface area contributed by atoms with Crippen LogP contribution in [0.5, 0.6) is 0 Å². The molecular weight excluding hydrogens is 296 g/mol. The number of carbonyl (C=O) groups excluding carboxylic acids is 1. The van der Waals surface area contributed by atoms with Gasteiger partial charge in [-0.15, -0.1) is 0 Å². The van der Waals surface area contributed by atoms with E-state index in [1.807, 2.05) is 44.2 Å². The van der Waals surface area contributed by atoms with Crippen molar-refractivity contribution >= 4 is 5.97 Å². The van der Waals surface area contributed by atoms with Crippen molar-refractivity contribution in [2.45, 2.75) is 45.4 Å². The molecule has 2 atom stereocenters. The Bertz CT molecular complexity index is 523. The maximum atomic E-state index is 11.5. The van der Waals surface area contributed by atoms with Crippen LogP contribution in [0.4, 0.5) is 0 Å². The number of esters is 1. The van der Waals surface area contributed by atoms with Crippen LogP contribution < -0.4 is 0 Å². The molecule has 1 fully saturated rings. The molecule has 1 aromatic carbocycles. The van der Waals surface area contributed by atoms with Crippen LogP contribution in [0.25, 0.3) is 0 Å². The number of benzene rings is 1. The molecule has 1 aromatic rings. The fourth-order valence-corrected chi connectivity index (χ4v) is 2.29. The Kier molecular flexibility index (Phi) is 6.33. The van der Waals surface area contributed by atoms with E-state index in [-0.39, 0.29) is 18.2 Å². The predicted octanol–water partition coefficient (Wildman–Crippen LogP) is 2.84. The molecule has 1 aliphatic heterocycles. The van der Waals surface area contributed by atoms with Gasteiger partial charge in [0.15, 0.2) is 5.79 Å². The van der Waals surface area contributed by atoms with Crippen LogP contribution in [0, 0.1) is 0 Å². The van der Waals surface area contributed by atoms with Gasteiger partial charge in [-0.1, -0.05) is 30.3 Å². The SMILES string of the molecule is CCOC(=O)/C=C\[C@H](OCc1ccccc1)[C@@H]1COC(C)(C)O1. The summed E-state index contributed by atoms with van der Waals surface area (Å²) in [5, 5.41) is 0. The topological polar surface area (TPSA) is 54.0 Å². The fourth-order valence-electron chi connectivity index (χ4n) is 2.29. The van der Waals surface area contributed by atoms with Crippen LogP contribution in [-0.2, 0) is 30.3 Å². The lowest BCUT2D eigenvalue weighted by atomic mass is 10.2. The van der Waals surface area contributed by atoms with Gasteiger partial charge in [-0.05, 0) is 32.4 Å². The minimum absolute atomic E-state index is 0.264. The highest BCUT2D eigenvalue weighted by Gasteiger charge is 2.37. The standard InChI is InChI=1S/C18H24O5/c1-4-20-17(19)11-10-15(16-13-22-18(2,3)23-16)21-12-14-8-6-5-7-9-14/h5-11,15-16H,4,12-13H2,1-3H3/b11-10-/t15-,16-/m0/s1. The number of hydrogen-bond acceptors (Lipinski definition) is 5. The second kappa shape index (κ2) is 8.24. The molecule has 0 amide bonds. The summed E-state index contributed by atoms with van der Waals surface area (Å²) in [6, 6.07) is 9.85. The average Bonchev–Trinajstić information content (AvgIpc) is 2.88. The smallest absolute Gasteiger partial charge is 0.330 e. The van der Waals surface area contributed by atoms with E-state index in [2.05, 4.69) is 0 Å². The van der Waals surface area contributed by atoms with Gasteiger partial charge in [0.25, 0.3) is 0 Å². The lowest BCUT2D eigenvalue weighted by Crippen LogP contribution is -2.31. The summed E-state index contributed by atoms with van der Waals surface area (Å²) in [6.07, 6.45) is 2.41. The Morgan fingerprint density at radius 1 is 1.39 bits per heavy atom. The molecule has 5 nitrogen and oxygen atoms in total. The molecule has 5 heteroatoms. The first kappa shape index (κ1) is 17.7. The van der Waals surface area contributed by atoms with Crippen molar-refractivity contribution in [1.29, 1.82) is 0 Å². The Morgan fingerprint density at radius 2 is 2.13 bits per heavy atom. The van der Waals surface area contributed by atoms with Gasteiger partial charge in [0.2, 0.25) is 0 Å². The van der Waals surface area contributed by atoms with E-state index in [1.54, 1.807) is 13.0 Å². The third-order valence-electron chi connectivity index (χ3n) is 3.39. The first-order valence-electron chi connectivity index (χ1n) is 7.82. The zero-order valence-corrected chi connectivity index (χ0v) is 13.9. The summed E-state index contributed by atoms with van der Waals surface area (Å²) in [7, 11) is 0. The van der Waals surface area contributed by atoms with Gasteiger partial charge in [0.05, 0.1) is 19.8 Å². The Balaban J connectivity index is 2.00. The van der Waals surface area contributed by atoms with Crippen LogP contribution in [0.3, 0.4) is 0 Å². The first-order chi connectivity index (χ1) is 11.0. The van der Waals surface area contributed by atoms with Crippen molar-refractivity contribution in [1.82, 2.24) is 0 Å². The average molecular weight is 320 g/mol. The lowest BCUT2D eigenvalue weighted by molar-refractivity contribution is -0.152. The van der Waals surface area contributed by atoms with E-state index in [0.29, 0.717) is 19.8 Å². The summed E-state index contributed by atoms with van der Waals surface area (Å²) < 4.78 is 22.3. The Morgan fingerprint density at radius 3 is 2.74 bits per heavy atom. The van der Waals surface area contributed by atoms with Crippen LogP contribution in [0.15, 0.2) is 42.5 Å². The number of hydrogen-bond donors (Lipinski definition) is 0. The molecule has 126 valence electrons. The number of carbonyl (C=O) groups is 1. The largest absolute Gasteiger partial charge is 0.463 e. The molecular formula is C18H24O5. The minimum atomic E-state index is -0.642. The fraction of sp³-hybridized carbons (Fsp3) is 0.500. The molecule has 0 unspecified atom stereocenters. The molecule has 1 aliphatic rings. The van der Waals surface area contributed by atoms with E-state index in [1.165, 1.54) is 6.08 Å². The van der Waals surface area contributed by atoms with Gasteiger partial charge in [-0.3, -0.25) is 0 Å². The predicted molar refractivity (Wildman–Crippen MR) is 85.7 cm³/mol. The maximum absolute atomic E-state index is 11.5. The van der Waals surface area contributed by atoms with E-state index >= 15 is 0 Å². The third kappa shape index (κ3) is 5.78. The van der Waals surface area contributed by atoms with E-state index in [9.17, 15) is 4.79 Å². The Labute approximate surface area is 137 Å². The van der Waals surface area contributed by atoms with E-state index in [4.69, 9.17) is 18.9 Å². The van der Waals surface area contributed by atoms with Crippen molar-refractivity contribution in [2.24, 2.45) is 0 Å². The van der Waals surface area contributed by atoms with Crippen molar-refractivity contribution in [2.75, 3.05) is 13.2 Å². The highest BCUT2D eigenvalue weighted by molar-refractivity contribution is 5.81. The second-order valence-corrected chi connectivity index (χ2v) is 5.74. The number of rotatable bonds is 7. The quantitative estimate of drug-likeness (QED) is 0.571. The van der Waals surface area contributed by atoms with E-state index < -0.39 is 5.79 Å². The summed E-state index contributed by atoms with van der Waals surface area (Å²) >= 11 is 0. The minimum Gasteiger partial charge on any atom is -0.463 e. The molecule has 2 rings (SSSR count). The number of ether oxygens (including phenoxy) is 4. The molecule has 0 aliphatic carbocycles. The summed E-state index contributed by atoms with van der Waals surface area (Å²) in [5.74, 6) is -1.03. The molecule has 0 radical (unpaired) electrons. The van der Waals surface area contributed by atoms with Crippen LogP contribution in [0.1, 0.15) is 26.3 Å². The second-order valence-electron chi connectivity index (χ2n) is 5.74. The highest BCUT2D eigenvalue weighted by Crippen LogP contribution is 2.26. The first-order valence-corrected chi connectivity index (χ1v) is 7.82. The molecule has 1 heterocycles. The van der Waals surface area contributed by atoms with Crippen molar-refractivity contribution < 1.29 is 23.7 Å². The van der Waals surface area contributed by atoms with Crippen molar-refractivity contribution in [3.8, 4) is 0 Å². The third-order valence-corrected chi connectivity index (χ3v) is 3.39. The maximum Gasteiger partial charge on any atom is 0.330 e. The Hall–Kier alpha value is -1.69. The molecule has 0 saturated carbocycles. The molecule has 23 heavy (non-hydrogen) atoms. The van der Waals surface area contributed by atoms with Gasteiger partial charge in [0.1, 0.15) is 12.2 Å². The zero-order chi connectivity index (χ0) is 16.7. The zero-order valence-electron chi connectivity index (χ0n) is 13.9. The highest BCUT2D eigenvalue weighted by atomic mass is 16.7. The van der Waals surface area contributed by atoms with E-state index in [0.717, 1.165) is 5.56 Å². The van der Waals surface area contributed by atoms with Gasteiger partial charge in [0, 0.05) is 6.08 Å². The monoisotopic (exact) mass is 320 g/mol. The molecule has 1 saturated heterocycles. The van der Waals surface area contributed by atoms with Crippen LogP contribution in [-0.4, -0.2) is 37.2 Å². The summed E-state index contributed by atoms with van der Waals surface area (Å²) in [5.41, 5.74) is 1.06.